The van der Waals surface area contributed by atoms with Crippen LogP contribution in [0, 0.1) is 0 Å². The van der Waals surface area contributed by atoms with Gasteiger partial charge in [-0.3, -0.25) is 0 Å². The number of hydrogen-bond donors (Lipinski definition) is 0. The third-order valence-electron chi connectivity index (χ3n) is 16.8. The zero-order valence-electron chi connectivity index (χ0n) is 44.4. The highest BCUT2D eigenvalue weighted by atomic mass is 15.1. The molecule has 6 aromatic heterocycles. The molecule has 0 aliphatic heterocycles. The van der Waals surface area contributed by atoms with Crippen molar-refractivity contribution >= 4 is 87.2 Å². The predicted molar refractivity (Wildman–Crippen MR) is 341 cm³/mol. The van der Waals surface area contributed by atoms with Gasteiger partial charge in [-0.25, -0.2) is 9.97 Å². The number of benzene rings is 11. The van der Waals surface area contributed by atoms with Crippen molar-refractivity contribution in [1.29, 1.82) is 0 Å². The molecule has 6 nitrogen and oxygen atoms in total. The van der Waals surface area contributed by atoms with Crippen LogP contribution in [0.25, 0.3) is 155 Å². The third kappa shape index (κ3) is 6.76. The lowest BCUT2D eigenvalue weighted by Crippen LogP contribution is -2.16. The van der Waals surface area contributed by atoms with Crippen molar-refractivity contribution in [3.05, 3.63) is 291 Å². The van der Waals surface area contributed by atoms with Gasteiger partial charge in [-0.1, -0.05) is 218 Å². The molecule has 0 fully saturated rings. The standard InChI is InChI=1S/C76H48N6/c1-3-25-49(26-4-1)59-37-23-39-61(77-59)71-73(79-63-41-15-7-29-51(63)52-30-8-16-42-64(52)79)75(81-67-45-19-11-33-55(67)56-34-12-20-46-68(56)81)72(62-40-24-38-60(78-62)50-27-5-2-6-28-50)76(82-69-47-21-13-35-57(69)58-36-14-22-48-70(58)82)74(71)80-65-43-17-9-31-53(65)54-32-10-18-44-66(54)80/h1-48H. The van der Waals surface area contributed by atoms with Gasteiger partial charge in [0.15, 0.2) is 0 Å². The molecule has 6 heteroatoms. The number of fused-ring (bicyclic) bond motifs is 12. The van der Waals surface area contributed by atoms with Crippen molar-refractivity contribution in [3.63, 3.8) is 0 Å². The van der Waals surface area contributed by atoms with Crippen LogP contribution >= 0.6 is 0 Å². The van der Waals surface area contributed by atoms with Crippen molar-refractivity contribution in [2.24, 2.45) is 0 Å². The monoisotopic (exact) mass is 1040 g/mol. The van der Waals surface area contributed by atoms with Gasteiger partial charge in [-0.15, -0.1) is 0 Å². The normalized spacial score (nSPS) is 11.9. The first-order chi connectivity index (χ1) is 40.8. The lowest BCUT2D eigenvalue weighted by atomic mass is 9.93. The lowest BCUT2D eigenvalue weighted by Gasteiger charge is -2.31. The van der Waals surface area contributed by atoms with Gasteiger partial charge >= 0.3 is 0 Å². The first-order valence-electron chi connectivity index (χ1n) is 28.0. The number of rotatable bonds is 8. The average Bonchev–Trinajstić information content (AvgIpc) is 1.92. The van der Waals surface area contributed by atoms with Crippen LogP contribution in [0.3, 0.4) is 0 Å². The fraction of sp³-hybridized carbons (Fsp3) is 0. The minimum Gasteiger partial charge on any atom is -0.306 e. The molecule has 0 atom stereocenters. The Bertz CT molecular complexity index is 4600. The Balaban J connectivity index is 1.25. The largest absolute Gasteiger partial charge is 0.306 e. The van der Waals surface area contributed by atoms with Crippen molar-refractivity contribution in [1.82, 2.24) is 28.2 Å². The summed E-state index contributed by atoms with van der Waals surface area (Å²) in [5.74, 6) is 0. The number of pyridine rings is 2. The summed E-state index contributed by atoms with van der Waals surface area (Å²) >= 11 is 0. The molecule has 0 amide bonds. The highest BCUT2D eigenvalue weighted by molar-refractivity contribution is 6.18. The van der Waals surface area contributed by atoms with Crippen molar-refractivity contribution < 1.29 is 0 Å². The Morgan fingerprint density at radius 1 is 0.171 bits per heavy atom. The molecule has 0 aliphatic carbocycles. The molecular weight excluding hydrogens is 997 g/mol. The van der Waals surface area contributed by atoms with Crippen molar-refractivity contribution in [3.8, 4) is 67.8 Å². The summed E-state index contributed by atoms with van der Waals surface area (Å²) < 4.78 is 10.2. The van der Waals surface area contributed by atoms with Crippen LogP contribution in [0.2, 0.25) is 0 Å². The first kappa shape index (κ1) is 45.9. The van der Waals surface area contributed by atoms with Gasteiger partial charge in [0, 0.05) is 54.2 Å². The predicted octanol–water partition coefficient (Wildman–Crippen LogP) is 19.5. The Hall–Kier alpha value is -11.1. The fourth-order valence-electron chi connectivity index (χ4n) is 13.4. The topological polar surface area (TPSA) is 45.5 Å². The van der Waals surface area contributed by atoms with E-state index >= 15 is 0 Å². The van der Waals surface area contributed by atoms with E-state index in [0.717, 1.165) is 155 Å². The maximum atomic E-state index is 5.96. The summed E-state index contributed by atoms with van der Waals surface area (Å²) in [6.45, 7) is 0. The van der Waals surface area contributed by atoms with Crippen LogP contribution in [0.4, 0.5) is 0 Å². The summed E-state index contributed by atoms with van der Waals surface area (Å²) in [4.78, 5) is 11.9. The van der Waals surface area contributed by atoms with Crippen LogP contribution in [0.1, 0.15) is 0 Å². The molecule has 17 rings (SSSR count). The second-order valence-corrected chi connectivity index (χ2v) is 21.2. The lowest BCUT2D eigenvalue weighted by molar-refractivity contribution is 1.04. The van der Waals surface area contributed by atoms with Gasteiger partial charge in [0.2, 0.25) is 0 Å². The number of hydrogen-bond acceptors (Lipinski definition) is 2. The highest BCUT2D eigenvalue weighted by Crippen LogP contribution is 2.54. The second-order valence-electron chi connectivity index (χ2n) is 21.2. The van der Waals surface area contributed by atoms with E-state index in [1.165, 1.54) is 0 Å². The molecule has 0 saturated carbocycles. The highest BCUT2D eigenvalue weighted by Gasteiger charge is 2.36. The Morgan fingerprint density at radius 2 is 0.366 bits per heavy atom. The van der Waals surface area contributed by atoms with Crippen LogP contribution < -0.4 is 0 Å². The van der Waals surface area contributed by atoms with E-state index in [0.29, 0.717) is 0 Å². The Morgan fingerprint density at radius 3 is 0.598 bits per heavy atom. The molecule has 0 radical (unpaired) electrons. The minimum absolute atomic E-state index is 0.816. The van der Waals surface area contributed by atoms with E-state index in [1.807, 2.05) is 0 Å². The summed E-state index contributed by atoms with van der Waals surface area (Å²) in [6.07, 6.45) is 0. The Labute approximate surface area is 471 Å². The van der Waals surface area contributed by atoms with Crippen LogP contribution in [0.15, 0.2) is 291 Å². The van der Waals surface area contributed by atoms with Gasteiger partial charge in [-0.2, -0.15) is 0 Å². The fourth-order valence-corrected chi connectivity index (χ4v) is 13.4. The molecular formula is C76H48N6. The third-order valence-corrected chi connectivity index (χ3v) is 16.8. The van der Waals surface area contributed by atoms with Gasteiger partial charge in [-0.05, 0) is 72.8 Å². The van der Waals surface area contributed by atoms with Crippen molar-refractivity contribution in [2.45, 2.75) is 0 Å². The first-order valence-corrected chi connectivity index (χ1v) is 28.0. The number of nitrogens with zero attached hydrogens (tertiary/aromatic N) is 6. The molecule has 0 aliphatic rings. The molecule has 0 spiro atoms. The van der Waals surface area contributed by atoms with Crippen LogP contribution in [0.5, 0.6) is 0 Å². The summed E-state index contributed by atoms with van der Waals surface area (Å²) in [5, 5.41) is 9.21. The van der Waals surface area contributed by atoms with Crippen LogP contribution in [-0.4, -0.2) is 28.2 Å². The summed E-state index contributed by atoms with van der Waals surface area (Å²) in [7, 11) is 0. The van der Waals surface area contributed by atoms with Crippen molar-refractivity contribution in [2.75, 3.05) is 0 Å². The molecule has 11 aromatic carbocycles. The van der Waals surface area contributed by atoms with Gasteiger partial charge in [0.05, 0.1) is 101 Å². The average molecular weight is 1050 g/mol. The van der Waals surface area contributed by atoms with E-state index in [2.05, 4.69) is 309 Å². The van der Waals surface area contributed by atoms with E-state index in [9.17, 15) is 0 Å². The van der Waals surface area contributed by atoms with E-state index < -0.39 is 0 Å². The zero-order chi connectivity index (χ0) is 53.8. The van der Waals surface area contributed by atoms with Gasteiger partial charge in [0.25, 0.3) is 0 Å². The zero-order valence-corrected chi connectivity index (χ0v) is 44.4. The summed E-state index contributed by atoms with van der Waals surface area (Å²) in [5.41, 5.74) is 19.8. The van der Waals surface area contributed by atoms with E-state index in [4.69, 9.17) is 9.97 Å². The molecule has 382 valence electrons. The molecule has 0 bridgehead atoms. The molecule has 6 heterocycles. The van der Waals surface area contributed by atoms with E-state index in [1.54, 1.807) is 0 Å². The Kier molecular flexibility index (Phi) is 10.2. The summed E-state index contributed by atoms with van der Waals surface area (Å²) in [6, 6.07) is 106. The van der Waals surface area contributed by atoms with E-state index in [-0.39, 0.29) is 0 Å². The SMILES string of the molecule is c1ccc(-c2cccc(-c3c(-n4c5ccccc5c5ccccc54)c(-n4c5ccccc5c5ccccc54)c(-c4cccc(-c5ccccc5)n4)c(-n4c5ccccc5c5ccccc54)c3-n3c4ccccc4c4ccccc43)n2)cc1. The molecule has 0 N–H and O–H groups in total. The quantitative estimate of drug-likeness (QED) is 0.152. The molecule has 17 aromatic rings. The smallest absolute Gasteiger partial charge is 0.0827 e. The van der Waals surface area contributed by atoms with Gasteiger partial charge < -0.3 is 18.3 Å². The molecule has 82 heavy (non-hydrogen) atoms. The maximum Gasteiger partial charge on any atom is 0.0827 e. The molecule has 0 saturated heterocycles. The number of aromatic nitrogens is 6. The number of para-hydroxylation sites is 8. The molecule has 0 unspecified atom stereocenters. The van der Waals surface area contributed by atoms with Gasteiger partial charge in [0.1, 0.15) is 0 Å². The maximum absolute atomic E-state index is 5.96. The second kappa shape index (κ2) is 18.2. The minimum atomic E-state index is 0.816. The van der Waals surface area contributed by atoms with Crippen LogP contribution in [-0.2, 0) is 0 Å².